The molecular formula is C19H24N4OS. The number of imidazole rings is 1. The van der Waals surface area contributed by atoms with E-state index in [1.165, 1.54) is 12.1 Å². The summed E-state index contributed by atoms with van der Waals surface area (Å²) in [5.74, 6) is 1.19. The van der Waals surface area contributed by atoms with E-state index in [0.717, 1.165) is 29.4 Å². The molecule has 0 saturated heterocycles. The van der Waals surface area contributed by atoms with Gasteiger partial charge in [0, 0.05) is 17.8 Å². The van der Waals surface area contributed by atoms with E-state index in [-0.39, 0.29) is 5.25 Å². The first-order valence-electron chi connectivity index (χ1n) is 8.69. The molecule has 0 aliphatic carbocycles. The Morgan fingerprint density at radius 1 is 1.16 bits per heavy atom. The van der Waals surface area contributed by atoms with Crippen LogP contribution in [-0.4, -0.2) is 19.7 Å². The molecule has 0 radical (unpaired) electrons. The van der Waals surface area contributed by atoms with Gasteiger partial charge in [0.1, 0.15) is 0 Å². The fourth-order valence-corrected chi connectivity index (χ4v) is 3.66. The van der Waals surface area contributed by atoms with Crippen LogP contribution in [-0.2, 0) is 6.54 Å². The third-order valence-corrected chi connectivity index (χ3v) is 5.33. The van der Waals surface area contributed by atoms with Gasteiger partial charge in [-0.2, -0.15) is 0 Å². The Balaban J connectivity index is 1.78. The summed E-state index contributed by atoms with van der Waals surface area (Å²) in [5, 5.41) is 9.49. The summed E-state index contributed by atoms with van der Waals surface area (Å²) in [4.78, 5) is 4.73. The van der Waals surface area contributed by atoms with Gasteiger partial charge in [0.05, 0.1) is 10.9 Å². The lowest BCUT2D eigenvalue weighted by Gasteiger charge is -2.11. The Labute approximate surface area is 152 Å². The molecule has 3 rings (SSSR count). The van der Waals surface area contributed by atoms with Gasteiger partial charge < -0.3 is 8.98 Å². The molecule has 2 heterocycles. The van der Waals surface area contributed by atoms with Crippen LogP contribution in [0.25, 0.3) is 11.5 Å². The van der Waals surface area contributed by atoms with Gasteiger partial charge in [-0.25, -0.2) is 4.98 Å². The van der Waals surface area contributed by atoms with Crippen molar-refractivity contribution in [2.75, 3.05) is 0 Å². The van der Waals surface area contributed by atoms with Gasteiger partial charge in [-0.1, -0.05) is 43.3 Å². The van der Waals surface area contributed by atoms with Gasteiger partial charge in [-0.3, -0.25) is 0 Å². The summed E-state index contributed by atoms with van der Waals surface area (Å²) >= 11 is 1.67. The van der Waals surface area contributed by atoms with Crippen LogP contribution in [0.2, 0.25) is 0 Å². The van der Waals surface area contributed by atoms with Crippen LogP contribution < -0.4 is 0 Å². The highest BCUT2D eigenvalue weighted by Crippen LogP contribution is 2.35. The highest BCUT2D eigenvalue weighted by atomic mass is 32.2. The SMILES string of the molecule is CCCCn1c(SC(C)c2nnc(-c3ccccc3)o2)nc(C)c1C. The third kappa shape index (κ3) is 3.95. The zero-order chi connectivity index (χ0) is 17.8. The van der Waals surface area contributed by atoms with E-state index in [0.29, 0.717) is 11.8 Å². The van der Waals surface area contributed by atoms with Crippen molar-refractivity contribution in [2.45, 2.75) is 57.5 Å². The van der Waals surface area contributed by atoms with Crippen molar-refractivity contribution < 1.29 is 4.42 Å². The second-order valence-electron chi connectivity index (χ2n) is 6.14. The Bertz CT molecular complexity index is 825. The number of aromatic nitrogens is 4. The van der Waals surface area contributed by atoms with Gasteiger partial charge in [0.15, 0.2) is 5.16 Å². The van der Waals surface area contributed by atoms with Gasteiger partial charge in [0.25, 0.3) is 0 Å². The van der Waals surface area contributed by atoms with E-state index in [2.05, 4.69) is 42.5 Å². The summed E-state index contributed by atoms with van der Waals surface area (Å²) in [6.07, 6.45) is 2.32. The number of hydrogen-bond donors (Lipinski definition) is 0. The largest absolute Gasteiger partial charge is 0.419 e. The van der Waals surface area contributed by atoms with E-state index in [9.17, 15) is 0 Å². The fourth-order valence-electron chi connectivity index (χ4n) is 2.60. The maximum atomic E-state index is 5.88. The maximum Gasteiger partial charge on any atom is 0.247 e. The first-order valence-corrected chi connectivity index (χ1v) is 9.57. The Morgan fingerprint density at radius 2 is 1.92 bits per heavy atom. The first-order chi connectivity index (χ1) is 12.1. The summed E-state index contributed by atoms with van der Waals surface area (Å²) in [5.41, 5.74) is 3.26. The topological polar surface area (TPSA) is 56.7 Å². The molecule has 0 aliphatic heterocycles. The van der Waals surface area contributed by atoms with Crippen LogP contribution in [0.1, 0.15) is 49.2 Å². The second kappa shape index (κ2) is 7.87. The van der Waals surface area contributed by atoms with Crippen LogP contribution in [0.4, 0.5) is 0 Å². The molecule has 0 saturated carbocycles. The van der Waals surface area contributed by atoms with E-state index in [1.807, 2.05) is 30.3 Å². The molecule has 1 aromatic carbocycles. The van der Waals surface area contributed by atoms with Crippen LogP contribution in [0, 0.1) is 13.8 Å². The van der Waals surface area contributed by atoms with Crippen LogP contribution in [0.15, 0.2) is 39.9 Å². The number of hydrogen-bond acceptors (Lipinski definition) is 5. The predicted octanol–water partition coefficient (Wildman–Crippen LogP) is 5.20. The molecule has 0 fully saturated rings. The van der Waals surface area contributed by atoms with Crippen molar-refractivity contribution in [3.8, 4) is 11.5 Å². The molecule has 0 aliphatic rings. The van der Waals surface area contributed by atoms with Crippen molar-refractivity contribution in [1.82, 2.24) is 19.7 Å². The summed E-state index contributed by atoms with van der Waals surface area (Å²) in [6.45, 7) is 9.48. The van der Waals surface area contributed by atoms with E-state index < -0.39 is 0 Å². The van der Waals surface area contributed by atoms with Crippen molar-refractivity contribution in [3.05, 3.63) is 47.6 Å². The lowest BCUT2D eigenvalue weighted by atomic mass is 10.2. The van der Waals surface area contributed by atoms with Crippen molar-refractivity contribution in [1.29, 1.82) is 0 Å². The average Bonchev–Trinajstić information content (AvgIpc) is 3.21. The Morgan fingerprint density at radius 3 is 2.64 bits per heavy atom. The summed E-state index contributed by atoms with van der Waals surface area (Å²) < 4.78 is 8.18. The third-order valence-electron chi connectivity index (χ3n) is 4.25. The number of nitrogens with zero attached hydrogens (tertiary/aromatic N) is 4. The smallest absolute Gasteiger partial charge is 0.247 e. The van der Waals surface area contributed by atoms with Crippen LogP contribution >= 0.6 is 11.8 Å². The number of aryl methyl sites for hydroxylation is 1. The number of unbranched alkanes of at least 4 members (excludes halogenated alkanes) is 1. The maximum absolute atomic E-state index is 5.88. The number of rotatable bonds is 7. The molecule has 25 heavy (non-hydrogen) atoms. The standard InChI is InChI=1S/C19H24N4OS/c1-5-6-12-23-14(3)13(2)20-19(23)25-15(4)17-21-22-18(24-17)16-10-8-7-9-11-16/h7-11,15H,5-6,12H2,1-4H3. The highest BCUT2D eigenvalue weighted by Gasteiger charge is 2.20. The fraction of sp³-hybridized carbons (Fsp3) is 0.421. The predicted molar refractivity (Wildman–Crippen MR) is 101 cm³/mol. The molecular weight excluding hydrogens is 332 g/mol. The minimum atomic E-state index is 0.0477. The molecule has 132 valence electrons. The average molecular weight is 356 g/mol. The second-order valence-corrected chi connectivity index (χ2v) is 7.45. The molecule has 5 nitrogen and oxygen atoms in total. The van der Waals surface area contributed by atoms with Gasteiger partial charge >= 0.3 is 0 Å². The molecule has 0 spiro atoms. The minimum absolute atomic E-state index is 0.0477. The Hall–Kier alpha value is -2.08. The molecule has 1 unspecified atom stereocenters. The zero-order valence-corrected chi connectivity index (χ0v) is 16.0. The summed E-state index contributed by atoms with van der Waals surface area (Å²) in [7, 11) is 0. The van der Waals surface area contributed by atoms with Crippen LogP contribution in [0.5, 0.6) is 0 Å². The highest BCUT2D eigenvalue weighted by molar-refractivity contribution is 7.99. The quantitative estimate of drug-likeness (QED) is 0.544. The monoisotopic (exact) mass is 356 g/mol. The van der Waals surface area contributed by atoms with Crippen molar-refractivity contribution >= 4 is 11.8 Å². The Kier molecular flexibility index (Phi) is 5.58. The first kappa shape index (κ1) is 17.7. The number of benzene rings is 1. The van der Waals surface area contributed by atoms with E-state index in [1.54, 1.807) is 11.8 Å². The minimum Gasteiger partial charge on any atom is -0.419 e. The van der Waals surface area contributed by atoms with Gasteiger partial charge in [-0.15, -0.1) is 10.2 Å². The van der Waals surface area contributed by atoms with E-state index in [4.69, 9.17) is 9.40 Å². The molecule has 0 N–H and O–H groups in total. The molecule has 0 bridgehead atoms. The lowest BCUT2D eigenvalue weighted by Crippen LogP contribution is -2.03. The normalized spacial score (nSPS) is 12.5. The molecule has 6 heteroatoms. The summed E-state index contributed by atoms with van der Waals surface area (Å²) in [6, 6.07) is 9.85. The zero-order valence-electron chi connectivity index (χ0n) is 15.2. The van der Waals surface area contributed by atoms with Crippen molar-refractivity contribution in [3.63, 3.8) is 0 Å². The van der Waals surface area contributed by atoms with Gasteiger partial charge in [0.2, 0.25) is 11.8 Å². The molecule has 0 amide bonds. The number of thioether (sulfide) groups is 1. The molecule has 1 atom stereocenters. The molecule has 2 aromatic heterocycles. The van der Waals surface area contributed by atoms with Gasteiger partial charge in [-0.05, 0) is 39.3 Å². The lowest BCUT2D eigenvalue weighted by molar-refractivity contribution is 0.508. The molecule has 3 aromatic rings. The van der Waals surface area contributed by atoms with Crippen molar-refractivity contribution in [2.24, 2.45) is 0 Å². The van der Waals surface area contributed by atoms with Crippen LogP contribution in [0.3, 0.4) is 0 Å². The van der Waals surface area contributed by atoms with E-state index >= 15 is 0 Å².